The van der Waals surface area contributed by atoms with Gasteiger partial charge in [-0.3, -0.25) is 10.8 Å². The average molecular weight is 193 g/mol. The molecule has 0 aliphatic heterocycles. The second kappa shape index (κ2) is 2.58. The minimum absolute atomic E-state index is 0.0741. The Bertz CT molecular complexity index is 148. The molecule has 0 spiro atoms. The highest BCUT2D eigenvalue weighted by molar-refractivity contribution is 9.19. The van der Waals surface area contributed by atoms with Crippen molar-refractivity contribution < 1.29 is 5.11 Å². The summed E-state index contributed by atoms with van der Waals surface area (Å²) in [6.45, 7) is 2.93. The van der Waals surface area contributed by atoms with Crippen LogP contribution in [0.15, 0.2) is 0 Å². The third kappa shape index (κ3) is 2.72. The molecule has 52 valence electrons. The SMILES string of the molecule is CC(C)(O)C(=N)C(=N)Br. The minimum atomic E-state index is -1.21. The maximum atomic E-state index is 9.06. The molecular formula is C5H9BrN2O. The summed E-state index contributed by atoms with van der Waals surface area (Å²) in [7, 11) is 0. The van der Waals surface area contributed by atoms with E-state index in [0.29, 0.717) is 0 Å². The Balaban J connectivity index is 4.23. The minimum Gasteiger partial charge on any atom is -0.384 e. The molecule has 4 heteroatoms. The van der Waals surface area contributed by atoms with Crippen molar-refractivity contribution in [2.45, 2.75) is 19.4 Å². The van der Waals surface area contributed by atoms with Crippen LogP contribution in [-0.4, -0.2) is 21.0 Å². The molecule has 9 heavy (non-hydrogen) atoms. The van der Waals surface area contributed by atoms with Crippen molar-refractivity contribution in [1.29, 1.82) is 10.8 Å². The summed E-state index contributed by atoms with van der Waals surface area (Å²) in [6, 6.07) is 0. The topological polar surface area (TPSA) is 67.9 Å². The Morgan fingerprint density at radius 3 is 1.78 bits per heavy atom. The molecule has 3 nitrogen and oxygen atoms in total. The standard InChI is InChI=1S/C5H9BrN2O/c1-5(2,9)3(7)4(6)8/h7-9H,1-2H3. The van der Waals surface area contributed by atoms with Crippen LogP contribution in [0.2, 0.25) is 0 Å². The summed E-state index contributed by atoms with van der Waals surface area (Å²) < 4.78 is -0.0741. The molecule has 0 aromatic heterocycles. The molecule has 0 aromatic rings. The van der Waals surface area contributed by atoms with Gasteiger partial charge in [-0.05, 0) is 29.8 Å². The number of hydrogen-bond acceptors (Lipinski definition) is 3. The van der Waals surface area contributed by atoms with Crippen molar-refractivity contribution in [2.75, 3.05) is 0 Å². The van der Waals surface area contributed by atoms with Crippen molar-refractivity contribution in [2.24, 2.45) is 0 Å². The lowest BCUT2D eigenvalue weighted by Crippen LogP contribution is -2.33. The van der Waals surface area contributed by atoms with E-state index in [4.69, 9.17) is 15.9 Å². The van der Waals surface area contributed by atoms with Crippen molar-refractivity contribution in [3.63, 3.8) is 0 Å². The molecule has 0 saturated carbocycles. The van der Waals surface area contributed by atoms with Gasteiger partial charge in [-0.15, -0.1) is 0 Å². The van der Waals surface area contributed by atoms with E-state index in [1.807, 2.05) is 0 Å². The lowest BCUT2D eigenvalue weighted by atomic mass is 10.0. The average Bonchev–Trinajstić information content (AvgIpc) is 1.62. The lowest BCUT2D eigenvalue weighted by molar-refractivity contribution is 0.155. The van der Waals surface area contributed by atoms with E-state index >= 15 is 0 Å². The van der Waals surface area contributed by atoms with Gasteiger partial charge in [0.15, 0.2) is 0 Å². The van der Waals surface area contributed by atoms with Crippen LogP contribution in [0.3, 0.4) is 0 Å². The summed E-state index contributed by atoms with van der Waals surface area (Å²) in [5.41, 5.74) is -1.32. The van der Waals surface area contributed by atoms with E-state index in [9.17, 15) is 0 Å². The van der Waals surface area contributed by atoms with Gasteiger partial charge >= 0.3 is 0 Å². The highest BCUT2D eigenvalue weighted by atomic mass is 79.9. The van der Waals surface area contributed by atoms with Crippen LogP contribution in [0.4, 0.5) is 0 Å². The van der Waals surface area contributed by atoms with Gasteiger partial charge in [-0.25, -0.2) is 0 Å². The molecule has 0 aliphatic carbocycles. The molecule has 3 N–H and O–H groups in total. The lowest BCUT2D eigenvalue weighted by Gasteiger charge is -2.15. The Kier molecular flexibility index (Phi) is 2.51. The number of nitrogens with one attached hydrogen (secondary N) is 2. The first-order valence-electron chi connectivity index (χ1n) is 2.41. The molecule has 0 amide bonds. The summed E-state index contributed by atoms with van der Waals surface area (Å²) >= 11 is 2.77. The van der Waals surface area contributed by atoms with Gasteiger partial charge in [0.2, 0.25) is 0 Å². The summed E-state index contributed by atoms with van der Waals surface area (Å²) in [6.07, 6.45) is 0. The van der Waals surface area contributed by atoms with E-state index in [1.54, 1.807) is 0 Å². The third-order valence-corrected chi connectivity index (χ3v) is 1.23. The Hall–Kier alpha value is -0.220. The maximum absolute atomic E-state index is 9.06. The monoisotopic (exact) mass is 192 g/mol. The van der Waals surface area contributed by atoms with Gasteiger partial charge in [-0.2, -0.15) is 0 Å². The van der Waals surface area contributed by atoms with Crippen molar-refractivity contribution in [1.82, 2.24) is 0 Å². The molecule has 0 atom stereocenters. The molecule has 0 heterocycles. The first-order valence-corrected chi connectivity index (χ1v) is 3.21. The highest BCUT2D eigenvalue weighted by Gasteiger charge is 2.21. The molecule has 0 aromatic carbocycles. The fourth-order valence-electron chi connectivity index (χ4n) is 0.269. The molecule has 0 rings (SSSR count). The maximum Gasteiger partial charge on any atom is 0.121 e. The van der Waals surface area contributed by atoms with Crippen molar-refractivity contribution in [3.8, 4) is 0 Å². The van der Waals surface area contributed by atoms with Crippen molar-refractivity contribution in [3.05, 3.63) is 0 Å². The number of rotatable bonds is 2. The smallest absolute Gasteiger partial charge is 0.121 e. The van der Waals surface area contributed by atoms with Crippen LogP contribution < -0.4 is 0 Å². The largest absolute Gasteiger partial charge is 0.384 e. The van der Waals surface area contributed by atoms with Gasteiger partial charge in [0.25, 0.3) is 0 Å². The van der Waals surface area contributed by atoms with Gasteiger partial charge < -0.3 is 5.11 Å². The van der Waals surface area contributed by atoms with Crippen LogP contribution in [0, 0.1) is 10.8 Å². The van der Waals surface area contributed by atoms with Crippen LogP contribution in [0.5, 0.6) is 0 Å². The first-order chi connectivity index (χ1) is 3.85. The van der Waals surface area contributed by atoms with Crippen molar-refractivity contribution >= 4 is 26.3 Å². The Labute approximate surface area is 62.2 Å². The molecule has 0 radical (unpaired) electrons. The fraction of sp³-hybridized carbons (Fsp3) is 0.600. The van der Waals surface area contributed by atoms with Gasteiger partial charge in [0, 0.05) is 0 Å². The Morgan fingerprint density at radius 1 is 1.44 bits per heavy atom. The van der Waals surface area contributed by atoms with E-state index in [0.717, 1.165) is 0 Å². The molecule has 0 aliphatic rings. The van der Waals surface area contributed by atoms with E-state index in [-0.39, 0.29) is 10.3 Å². The molecule has 0 bridgehead atoms. The normalized spacial score (nSPS) is 11.1. The van der Waals surface area contributed by atoms with Gasteiger partial charge in [0.1, 0.15) is 10.2 Å². The molecule has 0 saturated heterocycles. The van der Waals surface area contributed by atoms with E-state index in [1.165, 1.54) is 13.8 Å². The van der Waals surface area contributed by atoms with Crippen LogP contribution >= 0.6 is 15.9 Å². The van der Waals surface area contributed by atoms with Gasteiger partial charge in [0.05, 0.1) is 5.71 Å². The quantitative estimate of drug-likeness (QED) is 0.565. The fourth-order valence-corrected chi connectivity index (χ4v) is 0.754. The van der Waals surface area contributed by atoms with Crippen LogP contribution in [-0.2, 0) is 0 Å². The highest BCUT2D eigenvalue weighted by Crippen LogP contribution is 2.06. The molecule has 0 unspecified atom stereocenters. The van der Waals surface area contributed by atoms with E-state index < -0.39 is 5.60 Å². The second-order valence-electron chi connectivity index (χ2n) is 2.25. The number of hydrogen-bond donors (Lipinski definition) is 3. The van der Waals surface area contributed by atoms with Crippen LogP contribution in [0.25, 0.3) is 0 Å². The zero-order valence-electron chi connectivity index (χ0n) is 5.33. The number of aliphatic hydroxyl groups is 1. The molecule has 0 fully saturated rings. The number of halogens is 1. The predicted octanol–water partition coefficient (Wildman–Crippen LogP) is 1.15. The Morgan fingerprint density at radius 2 is 1.78 bits per heavy atom. The zero-order chi connectivity index (χ0) is 7.65. The summed E-state index contributed by atoms with van der Waals surface area (Å²) in [5.74, 6) is 0. The predicted molar refractivity (Wildman–Crippen MR) is 40.7 cm³/mol. The van der Waals surface area contributed by atoms with Crippen LogP contribution in [0.1, 0.15) is 13.8 Å². The summed E-state index contributed by atoms with van der Waals surface area (Å²) in [5, 5.41) is 23.0. The summed E-state index contributed by atoms with van der Waals surface area (Å²) in [4.78, 5) is 0. The second-order valence-corrected chi connectivity index (χ2v) is 3.04. The molecular weight excluding hydrogens is 184 g/mol. The zero-order valence-corrected chi connectivity index (χ0v) is 6.91. The van der Waals surface area contributed by atoms with E-state index in [2.05, 4.69) is 15.9 Å². The van der Waals surface area contributed by atoms with Gasteiger partial charge in [-0.1, -0.05) is 0 Å². The first kappa shape index (κ1) is 8.78. The third-order valence-electron chi connectivity index (χ3n) is 0.831.